The minimum Gasteiger partial charge on any atom is -0.497 e. The van der Waals surface area contributed by atoms with Crippen LogP contribution in [0.5, 0.6) is 11.5 Å². The number of hydrogen-bond acceptors (Lipinski definition) is 7. The van der Waals surface area contributed by atoms with E-state index in [-0.39, 0.29) is 23.6 Å². The molecule has 1 amide bonds. The molecular weight excluding hydrogens is 414 g/mol. The van der Waals surface area contributed by atoms with E-state index in [9.17, 15) is 14.4 Å². The third-order valence-corrected chi connectivity index (χ3v) is 4.66. The van der Waals surface area contributed by atoms with Crippen LogP contribution in [0.3, 0.4) is 0 Å². The van der Waals surface area contributed by atoms with Gasteiger partial charge in [-0.3, -0.25) is 14.2 Å². The Morgan fingerprint density at radius 2 is 1.50 bits per heavy atom. The SMILES string of the molecule is CCOC(=O)c1cc(C(=O)Nc2ccc(OC)cc2)c(=O)n(-c2ccc(OC)cc2)c1N. The molecule has 1 aromatic heterocycles. The summed E-state index contributed by atoms with van der Waals surface area (Å²) in [6.45, 7) is 1.75. The predicted molar refractivity (Wildman–Crippen MR) is 120 cm³/mol. The van der Waals surface area contributed by atoms with Gasteiger partial charge < -0.3 is 25.3 Å². The molecule has 3 aromatic rings. The molecular formula is C23H23N3O6. The van der Waals surface area contributed by atoms with Gasteiger partial charge in [0.25, 0.3) is 11.5 Å². The molecule has 0 radical (unpaired) electrons. The van der Waals surface area contributed by atoms with E-state index in [4.69, 9.17) is 19.9 Å². The highest BCUT2D eigenvalue weighted by molar-refractivity contribution is 6.06. The maximum Gasteiger partial charge on any atom is 0.341 e. The van der Waals surface area contributed by atoms with Gasteiger partial charge in [-0.1, -0.05) is 0 Å². The first-order valence-electron chi connectivity index (χ1n) is 9.72. The highest BCUT2D eigenvalue weighted by Gasteiger charge is 2.23. The van der Waals surface area contributed by atoms with Gasteiger partial charge in [0.1, 0.15) is 28.4 Å². The van der Waals surface area contributed by atoms with Crippen molar-refractivity contribution in [3.8, 4) is 17.2 Å². The molecule has 9 heteroatoms. The number of hydrogen-bond donors (Lipinski definition) is 2. The second kappa shape index (κ2) is 9.69. The average molecular weight is 437 g/mol. The van der Waals surface area contributed by atoms with Crippen molar-refractivity contribution in [2.45, 2.75) is 6.92 Å². The summed E-state index contributed by atoms with van der Waals surface area (Å²) < 4.78 is 16.4. The zero-order valence-electron chi connectivity index (χ0n) is 17.9. The number of amides is 1. The molecule has 0 fully saturated rings. The highest BCUT2D eigenvalue weighted by Crippen LogP contribution is 2.21. The first kappa shape index (κ1) is 22.4. The van der Waals surface area contributed by atoms with Gasteiger partial charge in [0.15, 0.2) is 0 Å². The van der Waals surface area contributed by atoms with Crippen LogP contribution < -0.4 is 26.1 Å². The second-order valence-corrected chi connectivity index (χ2v) is 6.60. The number of anilines is 2. The minimum atomic E-state index is -0.745. The molecule has 0 spiro atoms. The normalized spacial score (nSPS) is 10.3. The number of nitrogens with one attached hydrogen (secondary N) is 1. The Morgan fingerprint density at radius 3 is 2.03 bits per heavy atom. The maximum absolute atomic E-state index is 13.2. The Bertz CT molecular complexity index is 1180. The summed E-state index contributed by atoms with van der Waals surface area (Å²) >= 11 is 0. The summed E-state index contributed by atoms with van der Waals surface area (Å²) in [4.78, 5) is 38.7. The van der Waals surface area contributed by atoms with E-state index >= 15 is 0 Å². The van der Waals surface area contributed by atoms with Crippen molar-refractivity contribution in [1.29, 1.82) is 0 Å². The van der Waals surface area contributed by atoms with Gasteiger partial charge >= 0.3 is 5.97 Å². The topological polar surface area (TPSA) is 122 Å². The van der Waals surface area contributed by atoms with Gasteiger partial charge in [-0.15, -0.1) is 0 Å². The fraction of sp³-hybridized carbons (Fsp3) is 0.174. The molecule has 3 N–H and O–H groups in total. The Kier molecular flexibility index (Phi) is 6.79. The van der Waals surface area contributed by atoms with E-state index in [1.54, 1.807) is 55.5 Å². The number of ether oxygens (including phenoxy) is 3. The van der Waals surface area contributed by atoms with Crippen molar-refractivity contribution in [3.63, 3.8) is 0 Å². The van der Waals surface area contributed by atoms with E-state index in [2.05, 4.69) is 5.32 Å². The average Bonchev–Trinajstić information content (AvgIpc) is 2.80. The first-order valence-corrected chi connectivity index (χ1v) is 9.72. The molecule has 0 aliphatic rings. The lowest BCUT2D eigenvalue weighted by Crippen LogP contribution is -2.32. The molecule has 0 aliphatic heterocycles. The number of rotatable bonds is 7. The lowest BCUT2D eigenvalue weighted by molar-refractivity contribution is 0.0527. The lowest BCUT2D eigenvalue weighted by Gasteiger charge is -2.16. The van der Waals surface area contributed by atoms with Crippen LogP contribution in [0.25, 0.3) is 5.69 Å². The summed E-state index contributed by atoms with van der Waals surface area (Å²) in [5, 5.41) is 2.64. The molecule has 9 nitrogen and oxygen atoms in total. The number of pyridine rings is 1. The monoisotopic (exact) mass is 437 g/mol. The van der Waals surface area contributed by atoms with Gasteiger partial charge in [0.2, 0.25) is 0 Å². The van der Waals surface area contributed by atoms with Crippen LogP contribution >= 0.6 is 0 Å². The highest BCUT2D eigenvalue weighted by atomic mass is 16.5. The summed E-state index contributed by atoms with van der Waals surface area (Å²) in [5.74, 6) is -0.403. The second-order valence-electron chi connectivity index (χ2n) is 6.60. The molecule has 1 heterocycles. The molecule has 0 aliphatic carbocycles. The Morgan fingerprint density at radius 1 is 0.938 bits per heavy atom. The minimum absolute atomic E-state index is 0.0952. The smallest absolute Gasteiger partial charge is 0.341 e. The van der Waals surface area contributed by atoms with Crippen molar-refractivity contribution in [2.24, 2.45) is 0 Å². The van der Waals surface area contributed by atoms with Crippen molar-refractivity contribution in [2.75, 3.05) is 31.9 Å². The predicted octanol–water partition coefficient (Wildman–Crippen LogP) is 2.87. The number of methoxy groups -OCH3 is 2. The number of aromatic nitrogens is 1. The number of nitrogens with two attached hydrogens (primary N) is 1. The summed E-state index contributed by atoms with van der Waals surface area (Å²) in [6, 6.07) is 14.2. The van der Waals surface area contributed by atoms with Crippen molar-refractivity contribution >= 4 is 23.4 Å². The van der Waals surface area contributed by atoms with E-state index in [1.165, 1.54) is 14.2 Å². The Balaban J connectivity index is 2.11. The van der Waals surface area contributed by atoms with Crippen molar-refractivity contribution in [1.82, 2.24) is 4.57 Å². The van der Waals surface area contributed by atoms with Crippen LogP contribution in [-0.2, 0) is 4.74 Å². The molecule has 166 valence electrons. The third-order valence-electron chi connectivity index (χ3n) is 4.66. The Hall–Kier alpha value is -4.27. The van der Waals surface area contributed by atoms with Gasteiger partial charge in [-0.2, -0.15) is 0 Å². The van der Waals surface area contributed by atoms with Crippen LogP contribution in [0.4, 0.5) is 11.5 Å². The van der Waals surface area contributed by atoms with Gasteiger partial charge in [0.05, 0.1) is 26.5 Å². The van der Waals surface area contributed by atoms with Crippen LogP contribution in [0.1, 0.15) is 27.6 Å². The fourth-order valence-corrected chi connectivity index (χ4v) is 3.03. The third kappa shape index (κ3) is 4.56. The number of carbonyl (C=O) groups excluding carboxylic acids is 2. The summed E-state index contributed by atoms with van der Waals surface area (Å²) in [7, 11) is 3.04. The molecule has 0 saturated heterocycles. The van der Waals surface area contributed by atoms with Gasteiger partial charge in [-0.25, -0.2) is 4.79 Å². The van der Waals surface area contributed by atoms with E-state index in [1.807, 2.05) is 0 Å². The van der Waals surface area contributed by atoms with Gasteiger partial charge in [-0.05, 0) is 61.5 Å². The molecule has 3 rings (SSSR count). The quantitative estimate of drug-likeness (QED) is 0.545. The number of carbonyl (C=O) groups is 2. The summed E-state index contributed by atoms with van der Waals surface area (Å²) in [6.07, 6.45) is 0. The Labute approximate surface area is 184 Å². The van der Waals surface area contributed by atoms with E-state index in [0.29, 0.717) is 22.9 Å². The number of benzene rings is 2. The molecule has 0 atom stereocenters. The number of nitrogens with zero attached hydrogens (tertiary/aromatic N) is 1. The summed E-state index contributed by atoms with van der Waals surface area (Å²) in [5.41, 5.74) is 5.91. The van der Waals surface area contributed by atoms with Crippen LogP contribution in [0, 0.1) is 0 Å². The maximum atomic E-state index is 13.2. The molecule has 2 aromatic carbocycles. The van der Waals surface area contributed by atoms with E-state index < -0.39 is 17.4 Å². The number of esters is 1. The molecule has 0 bridgehead atoms. The zero-order valence-corrected chi connectivity index (χ0v) is 17.9. The van der Waals surface area contributed by atoms with E-state index in [0.717, 1.165) is 10.6 Å². The zero-order chi connectivity index (χ0) is 23.3. The molecule has 0 unspecified atom stereocenters. The fourth-order valence-electron chi connectivity index (χ4n) is 3.03. The number of nitrogen functional groups attached to an aromatic ring is 1. The lowest BCUT2D eigenvalue weighted by atomic mass is 10.1. The van der Waals surface area contributed by atoms with Crippen molar-refractivity contribution in [3.05, 3.63) is 76.1 Å². The molecule has 0 saturated carbocycles. The van der Waals surface area contributed by atoms with Crippen LogP contribution in [-0.4, -0.2) is 37.3 Å². The largest absolute Gasteiger partial charge is 0.497 e. The van der Waals surface area contributed by atoms with Crippen LogP contribution in [0.2, 0.25) is 0 Å². The van der Waals surface area contributed by atoms with Crippen molar-refractivity contribution < 1.29 is 23.8 Å². The first-order chi connectivity index (χ1) is 15.4. The molecule has 32 heavy (non-hydrogen) atoms. The van der Waals surface area contributed by atoms with Crippen LogP contribution in [0.15, 0.2) is 59.4 Å². The van der Waals surface area contributed by atoms with Gasteiger partial charge in [0, 0.05) is 5.69 Å². The standard InChI is InChI=1S/C23H23N3O6/c1-4-32-23(29)18-13-19(21(27)25-14-5-9-16(30-2)10-6-14)22(28)26(20(18)24)15-7-11-17(31-3)12-8-15/h5-13H,4,24H2,1-3H3,(H,25,27).